The molecule has 0 saturated heterocycles. The summed E-state index contributed by atoms with van der Waals surface area (Å²) in [5.41, 5.74) is 0.901. The van der Waals surface area contributed by atoms with Gasteiger partial charge in [-0.1, -0.05) is 12.1 Å². The normalized spacial score (nSPS) is 10.8. The highest BCUT2D eigenvalue weighted by atomic mass is 32.1. The van der Waals surface area contributed by atoms with Gasteiger partial charge in [-0.3, -0.25) is 0 Å². The fourth-order valence-corrected chi connectivity index (χ4v) is 3.00. The second-order valence-corrected chi connectivity index (χ2v) is 6.15. The fraction of sp³-hybridized carbons (Fsp3) is 0.235. The molecule has 0 spiro atoms. The standard InChI is InChI=1S/C17H16FN3O3S/c18-13-5-3-12(4-6-13)10-15-19-17(25-20-15)21(8-7-16(22)23)11-14-2-1-9-24-14/h1-6,9H,7-8,10-11H2,(H,22,23)/p-1. The number of aromatic nitrogens is 2. The molecule has 25 heavy (non-hydrogen) atoms. The predicted molar refractivity (Wildman–Crippen MR) is 88.5 cm³/mol. The molecule has 0 fully saturated rings. The van der Waals surface area contributed by atoms with E-state index >= 15 is 0 Å². The van der Waals surface area contributed by atoms with E-state index in [1.807, 2.05) is 6.07 Å². The van der Waals surface area contributed by atoms with Crippen molar-refractivity contribution in [2.24, 2.45) is 0 Å². The molecule has 0 aliphatic heterocycles. The Morgan fingerprint density at radius 2 is 2.08 bits per heavy atom. The number of halogens is 1. The molecule has 2 aromatic heterocycles. The summed E-state index contributed by atoms with van der Waals surface area (Å²) in [6.45, 7) is 0.639. The number of carbonyl (C=O) groups excluding carboxylic acids is 1. The van der Waals surface area contributed by atoms with Crippen molar-refractivity contribution >= 4 is 22.6 Å². The van der Waals surface area contributed by atoms with Crippen LogP contribution >= 0.6 is 11.5 Å². The molecule has 8 heteroatoms. The van der Waals surface area contributed by atoms with Crippen molar-refractivity contribution in [2.75, 3.05) is 11.4 Å². The van der Waals surface area contributed by atoms with E-state index in [9.17, 15) is 14.3 Å². The van der Waals surface area contributed by atoms with Crippen LogP contribution in [-0.2, 0) is 17.8 Å². The highest BCUT2D eigenvalue weighted by Gasteiger charge is 2.15. The van der Waals surface area contributed by atoms with Gasteiger partial charge in [0.05, 0.1) is 12.8 Å². The molecule has 3 rings (SSSR count). The zero-order valence-corrected chi connectivity index (χ0v) is 14.0. The molecule has 0 radical (unpaired) electrons. The first-order valence-corrected chi connectivity index (χ1v) is 8.41. The first kappa shape index (κ1) is 17.1. The van der Waals surface area contributed by atoms with Crippen LogP contribution < -0.4 is 10.0 Å². The van der Waals surface area contributed by atoms with Gasteiger partial charge < -0.3 is 19.2 Å². The molecular weight excluding hydrogens is 345 g/mol. The average Bonchev–Trinajstić information content (AvgIpc) is 3.25. The number of hydrogen-bond donors (Lipinski definition) is 0. The third-order valence-corrected chi connectivity index (χ3v) is 4.33. The van der Waals surface area contributed by atoms with Crippen LogP contribution in [0.25, 0.3) is 0 Å². The summed E-state index contributed by atoms with van der Waals surface area (Å²) < 4.78 is 22.6. The minimum Gasteiger partial charge on any atom is -0.550 e. The Bertz CT molecular complexity index is 818. The molecule has 2 heterocycles. The topological polar surface area (TPSA) is 82.3 Å². The highest BCUT2D eigenvalue weighted by Crippen LogP contribution is 2.21. The number of carboxylic acids is 1. The summed E-state index contributed by atoms with van der Waals surface area (Å²) in [6, 6.07) is 9.75. The van der Waals surface area contributed by atoms with Crippen LogP contribution in [0.3, 0.4) is 0 Å². The largest absolute Gasteiger partial charge is 0.550 e. The number of anilines is 1. The summed E-state index contributed by atoms with van der Waals surface area (Å²) >= 11 is 1.19. The van der Waals surface area contributed by atoms with Gasteiger partial charge in [-0.25, -0.2) is 9.37 Å². The van der Waals surface area contributed by atoms with E-state index in [0.29, 0.717) is 29.7 Å². The molecule has 6 nitrogen and oxygen atoms in total. The van der Waals surface area contributed by atoms with Gasteiger partial charge in [0.2, 0.25) is 5.13 Å². The number of benzene rings is 1. The van der Waals surface area contributed by atoms with E-state index in [1.165, 1.54) is 23.7 Å². The molecule has 3 aromatic rings. The predicted octanol–water partition coefficient (Wildman–Crippen LogP) is 2.01. The molecule has 0 aliphatic rings. The first-order valence-electron chi connectivity index (χ1n) is 7.64. The monoisotopic (exact) mass is 360 g/mol. The lowest BCUT2D eigenvalue weighted by molar-refractivity contribution is -0.305. The summed E-state index contributed by atoms with van der Waals surface area (Å²) in [5.74, 6) is -0.110. The Balaban J connectivity index is 1.72. The van der Waals surface area contributed by atoms with Crippen LogP contribution in [-0.4, -0.2) is 21.9 Å². The Morgan fingerprint density at radius 1 is 1.28 bits per heavy atom. The molecule has 0 aliphatic carbocycles. The minimum atomic E-state index is -1.12. The lowest BCUT2D eigenvalue weighted by atomic mass is 10.1. The maximum absolute atomic E-state index is 13.0. The molecule has 0 unspecified atom stereocenters. The molecule has 0 amide bonds. The van der Waals surface area contributed by atoms with Crippen molar-refractivity contribution in [3.63, 3.8) is 0 Å². The van der Waals surface area contributed by atoms with E-state index in [4.69, 9.17) is 4.42 Å². The van der Waals surface area contributed by atoms with Crippen molar-refractivity contribution in [3.05, 3.63) is 65.6 Å². The van der Waals surface area contributed by atoms with E-state index in [1.54, 1.807) is 29.4 Å². The molecule has 130 valence electrons. The van der Waals surface area contributed by atoms with Crippen molar-refractivity contribution in [1.82, 2.24) is 9.36 Å². The summed E-state index contributed by atoms with van der Waals surface area (Å²) in [7, 11) is 0. The lowest BCUT2D eigenvalue weighted by Crippen LogP contribution is -2.30. The Morgan fingerprint density at radius 3 is 2.76 bits per heavy atom. The van der Waals surface area contributed by atoms with Gasteiger partial charge in [-0.05, 0) is 29.8 Å². The third-order valence-electron chi connectivity index (χ3n) is 3.52. The average molecular weight is 360 g/mol. The molecule has 1 aromatic carbocycles. The smallest absolute Gasteiger partial charge is 0.205 e. The van der Waals surface area contributed by atoms with E-state index in [0.717, 1.165) is 5.56 Å². The summed E-state index contributed by atoms with van der Waals surface area (Å²) in [5, 5.41) is 11.4. The molecule has 0 saturated carbocycles. The van der Waals surface area contributed by atoms with Gasteiger partial charge in [0.15, 0.2) is 0 Å². The Labute approximate surface area is 147 Å². The van der Waals surface area contributed by atoms with Crippen molar-refractivity contribution in [1.29, 1.82) is 0 Å². The van der Waals surface area contributed by atoms with Crippen LogP contribution in [0, 0.1) is 5.82 Å². The lowest BCUT2D eigenvalue weighted by Gasteiger charge is -2.20. The highest BCUT2D eigenvalue weighted by molar-refractivity contribution is 7.09. The Kier molecular flexibility index (Phi) is 5.39. The zero-order chi connectivity index (χ0) is 17.6. The number of furan rings is 1. The number of carbonyl (C=O) groups is 1. The van der Waals surface area contributed by atoms with Gasteiger partial charge >= 0.3 is 0 Å². The van der Waals surface area contributed by atoms with Crippen LogP contribution in [0.15, 0.2) is 47.1 Å². The fourth-order valence-electron chi connectivity index (χ4n) is 2.29. The second-order valence-electron chi connectivity index (χ2n) is 5.42. The van der Waals surface area contributed by atoms with Crippen LogP contribution in [0.1, 0.15) is 23.6 Å². The first-order chi connectivity index (χ1) is 12.1. The van der Waals surface area contributed by atoms with Gasteiger partial charge in [0.1, 0.15) is 17.4 Å². The quantitative estimate of drug-likeness (QED) is 0.611. The van der Waals surface area contributed by atoms with Crippen molar-refractivity contribution < 1.29 is 18.7 Å². The minimum absolute atomic E-state index is 0.117. The second kappa shape index (κ2) is 7.89. The van der Waals surface area contributed by atoms with E-state index < -0.39 is 5.97 Å². The van der Waals surface area contributed by atoms with Gasteiger partial charge in [0.25, 0.3) is 0 Å². The summed E-state index contributed by atoms with van der Waals surface area (Å²) in [4.78, 5) is 17.1. The van der Waals surface area contributed by atoms with Crippen molar-refractivity contribution in [2.45, 2.75) is 19.4 Å². The van der Waals surface area contributed by atoms with Crippen molar-refractivity contribution in [3.8, 4) is 0 Å². The SMILES string of the molecule is O=C([O-])CCN(Cc1ccco1)c1nc(Cc2ccc(F)cc2)ns1. The molecule has 0 N–H and O–H groups in total. The number of aliphatic carboxylic acids is 1. The third kappa shape index (κ3) is 4.87. The van der Waals surface area contributed by atoms with Crippen LogP contribution in [0.5, 0.6) is 0 Å². The van der Waals surface area contributed by atoms with Crippen LogP contribution in [0.2, 0.25) is 0 Å². The van der Waals surface area contributed by atoms with E-state index in [-0.39, 0.29) is 18.8 Å². The maximum atomic E-state index is 13.0. The molecule has 0 atom stereocenters. The number of rotatable bonds is 8. The van der Waals surface area contributed by atoms with E-state index in [2.05, 4.69) is 9.36 Å². The number of hydrogen-bond acceptors (Lipinski definition) is 7. The number of nitrogens with zero attached hydrogens (tertiary/aromatic N) is 3. The summed E-state index contributed by atoms with van der Waals surface area (Å²) in [6.07, 6.45) is 1.92. The van der Waals surface area contributed by atoms with Gasteiger partial charge in [-0.2, -0.15) is 4.37 Å². The van der Waals surface area contributed by atoms with Gasteiger partial charge in [-0.15, -0.1) is 0 Å². The van der Waals surface area contributed by atoms with Crippen LogP contribution in [0.4, 0.5) is 9.52 Å². The van der Waals surface area contributed by atoms with Gasteiger partial charge in [0, 0.05) is 36.9 Å². The number of carboxylic acid groups (broad SMARTS) is 1. The molecular formula is C17H15FN3O3S-. The molecule has 0 bridgehead atoms. The zero-order valence-electron chi connectivity index (χ0n) is 13.2. The Hall–Kier alpha value is -2.74. The maximum Gasteiger partial charge on any atom is 0.205 e.